The van der Waals surface area contributed by atoms with Crippen LogP contribution < -0.4 is 10.1 Å². The van der Waals surface area contributed by atoms with Gasteiger partial charge in [0.1, 0.15) is 12.4 Å². The summed E-state index contributed by atoms with van der Waals surface area (Å²) in [5, 5.41) is 2.98. The second kappa shape index (κ2) is 9.38. The standard InChI is InChI=1S/C20H25NO2S/c1-15-4-8-18(9-5-15)23-14-17(3)21-20(22)12-13-24-19-10-6-16(2)7-11-19/h4-11,17H,12-14H2,1-3H3,(H,21,22)/t17-/m0/s1. The minimum Gasteiger partial charge on any atom is -0.491 e. The van der Waals surface area contributed by atoms with Gasteiger partial charge >= 0.3 is 0 Å². The van der Waals surface area contributed by atoms with Crippen molar-refractivity contribution in [1.29, 1.82) is 0 Å². The number of benzene rings is 2. The summed E-state index contributed by atoms with van der Waals surface area (Å²) < 4.78 is 5.69. The maximum atomic E-state index is 12.0. The number of ether oxygens (including phenoxy) is 1. The predicted molar refractivity (Wildman–Crippen MR) is 101 cm³/mol. The van der Waals surface area contributed by atoms with Gasteiger partial charge in [-0.05, 0) is 45.0 Å². The largest absolute Gasteiger partial charge is 0.491 e. The van der Waals surface area contributed by atoms with Crippen LogP contribution in [0, 0.1) is 13.8 Å². The Morgan fingerprint density at radius 2 is 1.62 bits per heavy atom. The van der Waals surface area contributed by atoms with E-state index in [1.807, 2.05) is 38.1 Å². The van der Waals surface area contributed by atoms with Crippen molar-refractivity contribution in [2.45, 2.75) is 38.1 Å². The molecule has 1 N–H and O–H groups in total. The first-order valence-corrected chi connectivity index (χ1v) is 9.20. The van der Waals surface area contributed by atoms with Crippen molar-refractivity contribution in [3.8, 4) is 5.75 Å². The average Bonchev–Trinajstić information content (AvgIpc) is 2.56. The third-order valence-corrected chi connectivity index (χ3v) is 4.56. The van der Waals surface area contributed by atoms with Crippen LogP contribution in [0.3, 0.4) is 0 Å². The summed E-state index contributed by atoms with van der Waals surface area (Å²) in [5.74, 6) is 1.67. The quantitative estimate of drug-likeness (QED) is 0.723. The number of hydrogen-bond donors (Lipinski definition) is 1. The Bertz CT molecular complexity index is 638. The van der Waals surface area contributed by atoms with Gasteiger partial charge in [0.2, 0.25) is 5.91 Å². The number of aryl methyl sites for hydroxylation is 2. The fourth-order valence-corrected chi connectivity index (χ4v) is 2.99. The molecule has 0 saturated carbocycles. The highest BCUT2D eigenvalue weighted by molar-refractivity contribution is 7.99. The normalized spacial score (nSPS) is 11.8. The molecule has 128 valence electrons. The molecule has 3 nitrogen and oxygen atoms in total. The van der Waals surface area contributed by atoms with Crippen LogP contribution in [0.2, 0.25) is 0 Å². The highest BCUT2D eigenvalue weighted by Crippen LogP contribution is 2.19. The SMILES string of the molecule is Cc1ccc(OC[C@H](C)NC(=O)CCSc2ccc(C)cc2)cc1. The molecule has 0 aliphatic rings. The van der Waals surface area contributed by atoms with Gasteiger partial charge in [0.05, 0.1) is 6.04 Å². The first-order chi connectivity index (χ1) is 11.5. The van der Waals surface area contributed by atoms with Crippen molar-refractivity contribution >= 4 is 17.7 Å². The molecule has 1 atom stereocenters. The Morgan fingerprint density at radius 3 is 2.25 bits per heavy atom. The topological polar surface area (TPSA) is 38.3 Å². The Kier molecular flexibility index (Phi) is 7.19. The predicted octanol–water partition coefficient (Wildman–Crippen LogP) is 4.37. The van der Waals surface area contributed by atoms with Gasteiger partial charge in [0, 0.05) is 17.1 Å². The maximum Gasteiger partial charge on any atom is 0.221 e. The average molecular weight is 343 g/mol. The molecule has 0 spiro atoms. The molecule has 1 amide bonds. The molecule has 0 radical (unpaired) electrons. The van der Waals surface area contributed by atoms with E-state index in [1.54, 1.807) is 11.8 Å². The lowest BCUT2D eigenvalue weighted by Crippen LogP contribution is -2.36. The van der Waals surface area contributed by atoms with Gasteiger partial charge in [-0.25, -0.2) is 0 Å². The van der Waals surface area contributed by atoms with Gasteiger partial charge in [-0.3, -0.25) is 4.79 Å². The zero-order chi connectivity index (χ0) is 17.4. The van der Waals surface area contributed by atoms with Crippen molar-refractivity contribution < 1.29 is 9.53 Å². The van der Waals surface area contributed by atoms with Gasteiger partial charge in [-0.15, -0.1) is 11.8 Å². The minimum absolute atomic E-state index is 0.0109. The summed E-state index contributed by atoms with van der Waals surface area (Å²) >= 11 is 1.70. The van der Waals surface area contributed by atoms with Gasteiger partial charge < -0.3 is 10.1 Å². The first-order valence-electron chi connectivity index (χ1n) is 8.21. The zero-order valence-electron chi connectivity index (χ0n) is 14.5. The summed E-state index contributed by atoms with van der Waals surface area (Å²) in [6.45, 7) is 6.54. The molecule has 2 aromatic rings. The maximum absolute atomic E-state index is 12.0. The summed E-state index contributed by atoms with van der Waals surface area (Å²) in [4.78, 5) is 13.2. The van der Waals surface area contributed by atoms with E-state index in [0.717, 1.165) is 11.5 Å². The summed E-state index contributed by atoms with van der Waals surface area (Å²) in [6.07, 6.45) is 0.507. The van der Waals surface area contributed by atoms with E-state index in [9.17, 15) is 4.79 Å². The molecule has 0 aromatic heterocycles. The van der Waals surface area contributed by atoms with Gasteiger partial charge in [-0.2, -0.15) is 0 Å². The number of hydrogen-bond acceptors (Lipinski definition) is 3. The van der Waals surface area contributed by atoms with E-state index < -0.39 is 0 Å². The number of nitrogens with one attached hydrogen (secondary N) is 1. The summed E-state index contributed by atoms with van der Waals surface area (Å²) in [6, 6.07) is 16.3. The Morgan fingerprint density at radius 1 is 1.04 bits per heavy atom. The summed E-state index contributed by atoms with van der Waals surface area (Å²) in [5.41, 5.74) is 2.45. The molecule has 0 heterocycles. The Balaban J connectivity index is 1.64. The molecular formula is C20H25NO2S. The molecule has 0 aliphatic carbocycles. The van der Waals surface area contributed by atoms with Crippen LogP contribution in [0.4, 0.5) is 0 Å². The van der Waals surface area contributed by atoms with E-state index in [0.29, 0.717) is 13.0 Å². The van der Waals surface area contributed by atoms with Crippen molar-refractivity contribution in [1.82, 2.24) is 5.32 Å². The van der Waals surface area contributed by atoms with E-state index in [4.69, 9.17) is 4.74 Å². The molecular weight excluding hydrogens is 318 g/mol. The molecule has 4 heteroatoms. The number of carbonyl (C=O) groups is 1. The van der Waals surface area contributed by atoms with Crippen LogP contribution in [0.15, 0.2) is 53.4 Å². The first kappa shape index (κ1) is 18.4. The van der Waals surface area contributed by atoms with Gasteiger partial charge in [0.15, 0.2) is 0 Å². The minimum atomic E-state index is -0.0109. The van der Waals surface area contributed by atoms with Crippen molar-refractivity contribution in [2.75, 3.05) is 12.4 Å². The molecule has 0 saturated heterocycles. The lowest BCUT2D eigenvalue weighted by Gasteiger charge is -2.15. The van der Waals surface area contributed by atoms with Crippen molar-refractivity contribution in [3.63, 3.8) is 0 Å². The van der Waals surface area contributed by atoms with Gasteiger partial charge in [0.25, 0.3) is 0 Å². The number of carbonyl (C=O) groups excluding carboxylic acids is 1. The monoisotopic (exact) mass is 343 g/mol. The van der Waals surface area contributed by atoms with Crippen LogP contribution in [0.5, 0.6) is 5.75 Å². The van der Waals surface area contributed by atoms with E-state index >= 15 is 0 Å². The second-order valence-corrected chi connectivity index (χ2v) is 7.17. The highest BCUT2D eigenvalue weighted by atomic mass is 32.2. The lowest BCUT2D eigenvalue weighted by molar-refractivity contribution is -0.121. The molecule has 0 unspecified atom stereocenters. The van der Waals surface area contributed by atoms with Crippen LogP contribution in [0.1, 0.15) is 24.5 Å². The van der Waals surface area contributed by atoms with Crippen molar-refractivity contribution in [2.24, 2.45) is 0 Å². The van der Waals surface area contributed by atoms with Crippen LogP contribution >= 0.6 is 11.8 Å². The number of amides is 1. The number of thioether (sulfide) groups is 1. The molecule has 2 rings (SSSR count). The molecule has 2 aromatic carbocycles. The fourth-order valence-electron chi connectivity index (χ4n) is 2.14. The second-order valence-electron chi connectivity index (χ2n) is 6.00. The smallest absolute Gasteiger partial charge is 0.221 e. The Labute approximate surface area is 148 Å². The van der Waals surface area contributed by atoms with Crippen molar-refractivity contribution in [3.05, 3.63) is 59.7 Å². The van der Waals surface area contributed by atoms with Crippen LogP contribution in [-0.4, -0.2) is 24.3 Å². The van der Waals surface area contributed by atoms with Crippen LogP contribution in [-0.2, 0) is 4.79 Å². The molecule has 0 aliphatic heterocycles. The molecule has 0 bridgehead atoms. The van der Waals surface area contributed by atoms with Crippen LogP contribution in [0.25, 0.3) is 0 Å². The zero-order valence-corrected chi connectivity index (χ0v) is 15.4. The Hall–Kier alpha value is -1.94. The molecule has 24 heavy (non-hydrogen) atoms. The fraction of sp³-hybridized carbons (Fsp3) is 0.350. The van der Waals surface area contributed by atoms with E-state index in [1.165, 1.54) is 16.0 Å². The lowest BCUT2D eigenvalue weighted by atomic mass is 10.2. The highest BCUT2D eigenvalue weighted by Gasteiger charge is 2.08. The molecule has 0 fully saturated rings. The van der Waals surface area contributed by atoms with E-state index in [-0.39, 0.29) is 11.9 Å². The third kappa shape index (κ3) is 6.67. The van der Waals surface area contributed by atoms with Gasteiger partial charge in [-0.1, -0.05) is 35.4 Å². The third-order valence-electron chi connectivity index (χ3n) is 3.55. The number of rotatable bonds is 8. The summed E-state index contributed by atoms with van der Waals surface area (Å²) in [7, 11) is 0. The van der Waals surface area contributed by atoms with E-state index in [2.05, 4.69) is 36.5 Å².